The number of hydrogen-bond acceptors (Lipinski definition) is 1. The van der Waals surface area contributed by atoms with Gasteiger partial charge < -0.3 is 4.52 Å². The van der Waals surface area contributed by atoms with Crippen molar-refractivity contribution in [3.05, 3.63) is 0 Å². The molecule has 0 rings (SSSR count). The Balaban J connectivity index is 2.95. The van der Waals surface area contributed by atoms with E-state index in [0.29, 0.717) is 0 Å². The summed E-state index contributed by atoms with van der Waals surface area (Å²) < 4.78 is 5.08. The van der Waals surface area contributed by atoms with Gasteiger partial charge in [-0.3, -0.25) is 0 Å². The highest BCUT2D eigenvalue weighted by Crippen LogP contribution is 2.38. The van der Waals surface area contributed by atoms with Gasteiger partial charge in [-0.25, -0.2) is 0 Å². The molecule has 1 unspecified atom stereocenters. The average Bonchev–Trinajstić information content (AvgIpc) is 1.27. The van der Waals surface area contributed by atoms with Gasteiger partial charge in [0.25, 0.3) is 0 Å². The second-order valence-corrected chi connectivity index (χ2v) is 4.06. The van der Waals surface area contributed by atoms with Crippen LogP contribution in [0.5, 0.6) is 0 Å². The molecular weight excluding hydrogens is 130 g/mol. The summed E-state index contributed by atoms with van der Waals surface area (Å²) in [5.41, 5.74) is 0. The van der Waals surface area contributed by atoms with Crippen LogP contribution < -0.4 is 0 Å². The molecule has 0 aromatic rings. The zero-order valence-corrected chi connectivity index (χ0v) is 6.46. The topological polar surface area (TPSA) is 9.23 Å². The lowest BCUT2D eigenvalue weighted by Gasteiger charge is -2.06. The van der Waals surface area contributed by atoms with Crippen molar-refractivity contribution in [3.63, 3.8) is 0 Å². The fourth-order valence-electron chi connectivity index (χ4n) is 0.291. The van der Waals surface area contributed by atoms with E-state index < -0.39 is 7.50 Å². The minimum Gasteiger partial charge on any atom is -0.341 e. The van der Waals surface area contributed by atoms with Crippen LogP contribution in [-0.2, 0) is 4.52 Å². The lowest BCUT2D eigenvalue weighted by Crippen LogP contribution is -1.93. The van der Waals surface area contributed by atoms with E-state index in [-0.39, 0.29) is 6.10 Å². The highest BCUT2D eigenvalue weighted by Gasteiger charge is 1.96. The third-order valence-corrected chi connectivity index (χ3v) is 1.31. The Bertz CT molecular complexity index is 41.0. The maximum Gasteiger partial charge on any atom is 0.121 e. The van der Waals surface area contributed by atoms with Crippen molar-refractivity contribution in [2.45, 2.75) is 20.0 Å². The van der Waals surface area contributed by atoms with Gasteiger partial charge in [0.1, 0.15) is 7.50 Å². The summed E-state index contributed by atoms with van der Waals surface area (Å²) in [5, 5.41) is 0. The van der Waals surface area contributed by atoms with Gasteiger partial charge in [0.15, 0.2) is 0 Å². The van der Waals surface area contributed by atoms with E-state index in [1.807, 2.05) is 20.5 Å². The molecule has 1 atom stereocenters. The van der Waals surface area contributed by atoms with Gasteiger partial charge in [0.2, 0.25) is 0 Å². The van der Waals surface area contributed by atoms with E-state index in [2.05, 4.69) is 0 Å². The minimum absolute atomic E-state index is 0.272. The Morgan fingerprint density at radius 2 is 2.00 bits per heavy atom. The van der Waals surface area contributed by atoms with Crippen molar-refractivity contribution in [3.8, 4) is 0 Å². The Kier molecular flexibility index (Phi) is 4.01. The van der Waals surface area contributed by atoms with Crippen molar-refractivity contribution in [1.82, 2.24) is 0 Å². The summed E-state index contributed by atoms with van der Waals surface area (Å²) in [5.74, 6) is 0. The Morgan fingerprint density at radius 3 is 2.00 bits per heavy atom. The normalized spacial score (nSPS) is 15.0. The smallest absolute Gasteiger partial charge is 0.121 e. The lowest BCUT2D eigenvalue weighted by atomic mass is 10.5. The zero-order chi connectivity index (χ0) is 5.86. The molecule has 0 fully saturated rings. The molecule has 0 saturated heterocycles. The van der Waals surface area contributed by atoms with E-state index in [9.17, 15) is 0 Å². The molecule has 0 saturated carbocycles. The van der Waals surface area contributed by atoms with Crippen LogP contribution in [0.25, 0.3) is 0 Å². The predicted molar refractivity (Wildman–Crippen MR) is 34.9 cm³/mol. The molecule has 0 bridgehead atoms. The summed E-state index contributed by atoms with van der Waals surface area (Å²) >= 11 is 5.52. The van der Waals surface area contributed by atoms with Gasteiger partial charge >= 0.3 is 0 Å². The Labute approximate surface area is 50.6 Å². The van der Waals surface area contributed by atoms with Crippen LogP contribution >= 0.6 is 18.7 Å². The van der Waals surface area contributed by atoms with Crippen LogP contribution in [-0.4, -0.2) is 12.8 Å². The SMILES string of the molecule is CC(C)OP(C)Cl. The molecule has 44 valence electrons. The fourth-order valence-corrected chi connectivity index (χ4v) is 1.35. The molecule has 0 aromatic carbocycles. The Morgan fingerprint density at radius 1 is 1.57 bits per heavy atom. The van der Waals surface area contributed by atoms with Crippen LogP contribution in [0, 0.1) is 0 Å². The van der Waals surface area contributed by atoms with Crippen LogP contribution in [0.2, 0.25) is 0 Å². The van der Waals surface area contributed by atoms with Crippen LogP contribution in [0.1, 0.15) is 13.8 Å². The van der Waals surface area contributed by atoms with Gasteiger partial charge in [-0.05, 0) is 20.5 Å². The first-order valence-corrected chi connectivity index (χ1v) is 4.80. The quantitative estimate of drug-likeness (QED) is 0.536. The monoisotopic (exact) mass is 140 g/mol. The summed E-state index contributed by atoms with van der Waals surface area (Å²) in [6.45, 7) is 5.82. The summed E-state index contributed by atoms with van der Waals surface area (Å²) in [6, 6.07) is 0. The minimum atomic E-state index is -0.668. The fraction of sp³-hybridized carbons (Fsp3) is 1.00. The lowest BCUT2D eigenvalue weighted by molar-refractivity contribution is 0.278. The van der Waals surface area contributed by atoms with Crippen molar-refractivity contribution in [1.29, 1.82) is 0 Å². The molecule has 0 N–H and O–H groups in total. The molecule has 0 heterocycles. The van der Waals surface area contributed by atoms with Crippen molar-refractivity contribution < 1.29 is 4.52 Å². The predicted octanol–water partition coefficient (Wildman–Crippen LogP) is 2.59. The molecule has 3 heteroatoms. The van der Waals surface area contributed by atoms with E-state index in [4.69, 9.17) is 15.8 Å². The first-order valence-electron chi connectivity index (χ1n) is 2.19. The van der Waals surface area contributed by atoms with Crippen LogP contribution in [0.3, 0.4) is 0 Å². The molecule has 0 amide bonds. The van der Waals surface area contributed by atoms with Gasteiger partial charge in [-0.15, -0.1) is 0 Å². The first kappa shape index (κ1) is 7.68. The summed E-state index contributed by atoms with van der Waals surface area (Å²) in [7, 11) is -0.668. The molecule has 0 aliphatic heterocycles. The highest BCUT2D eigenvalue weighted by molar-refractivity contribution is 7.79. The number of halogens is 1. The average molecular weight is 141 g/mol. The summed E-state index contributed by atoms with van der Waals surface area (Å²) in [6.07, 6.45) is 0.272. The largest absolute Gasteiger partial charge is 0.341 e. The van der Waals surface area contributed by atoms with Crippen molar-refractivity contribution >= 4 is 18.7 Å². The number of rotatable bonds is 2. The summed E-state index contributed by atoms with van der Waals surface area (Å²) in [4.78, 5) is 0. The molecular formula is C4H10ClOP. The van der Waals surface area contributed by atoms with Gasteiger partial charge in [-0.2, -0.15) is 0 Å². The second-order valence-electron chi connectivity index (χ2n) is 1.57. The maximum atomic E-state index is 5.52. The van der Waals surface area contributed by atoms with Crippen LogP contribution in [0.4, 0.5) is 0 Å². The molecule has 0 aliphatic rings. The van der Waals surface area contributed by atoms with Crippen molar-refractivity contribution in [2.75, 3.05) is 6.66 Å². The maximum absolute atomic E-state index is 5.52. The molecule has 7 heavy (non-hydrogen) atoms. The first-order chi connectivity index (χ1) is 3.13. The van der Waals surface area contributed by atoms with E-state index in [1.54, 1.807) is 0 Å². The molecule has 0 spiro atoms. The third kappa shape index (κ3) is 6.68. The molecule has 1 nitrogen and oxygen atoms in total. The molecule has 0 radical (unpaired) electrons. The second kappa shape index (κ2) is 3.65. The third-order valence-electron chi connectivity index (χ3n) is 0.356. The van der Waals surface area contributed by atoms with Gasteiger partial charge in [0.05, 0.1) is 6.10 Å². The van der Waals surface area contributed by atoms with Crippen LogP contribution in [0.15, 0.2) is 0 Å². The van der Waals surface area contributed by atoms with E-state index >= 15 is 0 Å². The number of hydrogen-bond donors (Lipinski definition) is 0. The Hall–Kier alpha value is 0.680. The van der Waals surface area contributed by atoms with Gasteiger partial charge in [-0.1, -0.05) is 11.2 Å². The molecule has 0 aliphatic carbocycles. The standard InChI is InChI=1S/C4H10ClOP/c1-4(2)6-7(3)5/h4H,1-3H3. The van der Waals surface area contributed by atoms with E-state index in [1.165, 1.54) is 0 Å². The zero-order valence-electron chi connectivity index (χ0n) is 4.81. The highest BCUT2D eigenvalue weighted by atomic mass is 35.7. The molecule has 0 aromatic heterocycles. The van der Waals surface area contributed by atoms with Gasteiger partial charge in [0, 0.05) is 0 Å². The van der Waals surface area contributed by atoms with Crippen molar-refractivity contribution in [2.24, 2.45) is 0 Å². The van der Waals surface area contributed by atoms with E-state index in [0.717, 1.165) is 0 Å².